The molecular weight excluding hydrogens is 1250 g/mol. The number of carbonyl (C=O) groups excluding carboxylic acids is 4. The average Bonchev–Trinajstić information content (AvgIpc) is 1.34. The molecule has 0 aliphatic carbocycles. The molecule has 0 saturated heterocycles. The van der Waals surface area contributed by atoms with Gasteiger partial charge in [0.15, 0.2) is 12.2 Å². The van der Waals surface area contributed by atoms with Gasteiger partial charge in [0.05, 0.1) is 26.4 Å². The molecular formula is C76H148O17P2. The SMILES string of the molecule is CCCCCCCCCCCCCCCCCCCCCC(=O)O[C@H](COC(=O)CCCCCCCCCCCCCC(C)C)COP(=O)(O)OC[C@@H](O)COP(=O)(O)OC[C@@H](COC(=O)CCCCCCCCCCCC)OC(=O)CCCCCCCCCCCCCC. The first-order valence-corrected chi connectivity index (χ1v) is 42.6. The molecule has 564 valence electrons. The Hall–Kier alpha value is -1.94. The lowest BCUT2D eigenvalue weighted by atomic mass is 10.0. The maximum absolute atomic E-state index is 13.1. The normalized spacial score (nSPS) is 13.9. The summed E-state index contributed by atoms with van der Waals surface area (Å²) in [5.41, 5.74) is 0. The number of hydrogen-bond donors (Lipinski definition) is 3. The summed E-state index contributed by atoms with van der Waals surface area (Å²) in [5.74, 6) is -1.34. The van der Waals surface area contributed by atoms with E-state index in [1.54, 1.807) is 0 Å². The highest BCUT2D eigenvalue weighted by molar-refractivity contribution is 7.47. The van der Waals surface area contributed by atoms with Gasteiger partial charge >= 0.3 is 39.5 Å². The van der Waals surface area contributed by atoms with Crippen LogP contribution in [0.2, 0.25) is 0 Å². The van der Waals surface area contributed by atoms with Crippen LogP contribution in [0.3, 0.4) is 0 Å². The third-order valence-corrected chi connectivity index (χ3v) is 19.7. The minimum absolute atomic E-state index is 0.108. The van der Waals surface area contributed by atoms with Crippen LogP contribution in [0, 0.1) is 5.92 Å². The van der Waals surface area contributed by atoms with Crippen LogP contribution in [-0.2, 0) is 65.4 Å². The highest BCUT2D eigenvalue weighted by Crippen LogP contribution is 2.45. The summed E-state index contributed by atoms with van der Waals surface area (Å²) in [6, 6.07) is 0. The van der Waals surface area contributed by atoms with Crippen LogP contribution in [0.4, 0.5) is 0 Å². The Bertz CT molecular complexity index is 1820. The molecule has 0 radical (unpaired) electrons. The predicted molar refractivity (Wildman–Crippen MR) is 386 cm³/mol. The maximum atomic E-state index is 13.1. The molecule has 5 atom stereocenters. The molecule has 3 N–H and O–H groups in total. The molecule has 0 aliphatic heterocycles. The predicted octanol–water partition coefficient (Wildman–Crippen LogP) is 22.5. The van der Waals surface area contributed by atoms with Crippen molar-refractivity contribution >= 4 is 39.5 Å². The van der Waals surface area contributed by atoms with Crippen molar-refractivity contribution in [2.45, 2.75) is 419 Å². The van der Waals surface area contributed by atoms with E-state index in [1.165, 1.54) is 225 Å². The molecule has 0 saturated carbocycles. The summed E-state index contributed by atoms with van der Waals surface area (Å²) in [5, 5.41) is 10.6. The Labute approximate surface area is 581 Å². The molecule has 0 spiro atoms. The minimum atomic E-state index is -4.96. The summed E-state index contributed by atoms with van der Waals surface area (Å²) < 4.78 is 68.5. The monoisotopic (exact) mass is 1400 g/mol. The molecule has 0 aromatic carbocycles. The third kappa shape index (κ3) is 70.3. The number of ether oxygens (including phenoxy) is 4. The van der Waals surface area contributed by atoms with E-state index in [9.17, 15) is 43.2 Å². The Morgan fingerprint density at radius 2 is 0.484 bits per heavy atom. The van der Waals surface area contributed by atoms with Crippen LogP contribution in [0.15, 0.2) is 0 Å². The number of rotatable bonds is 76. The molecule has 2 unspecified atom stereocenters. The smallest absolute Gasteiger partial charge is 0.462 e. The highest BCUT2D eigenvalue weighted by atomic mass is 31.2. The van der Waals surface area contributed by atoms with Gasteiger partial charge < -0.3 is 33.8 Å². The minimum Gasteiger partial charge on any atom is -0.462 e. The summed E-state index contributed by atoms with van der Waals surface area (Å²) in [7, 11) is -9.91. The van der Waals surface area contributed by atoms with Crippen LogP contribution >= 0.6 is 15.6 Å². The topological polar surface area (TPSA) is 237 Å². The van der Waals surface area contributed by atoms with E-state index in [0.29, 0.717) is 25.7 Å². The molecule has 0 aromatic rings. The third-order valence-electron chi connectivity index (χ3n) is 17.8. The lowest BCUT2D eigenvalue weighted by Crippen LogP contribution is -2.30. The van der Waals surface area contributed by atoms with Crippen molar-refractivity contribution in [2.75, 3.05) is 39.6 Å². The second-order valence-electron chi connectivity index (χ2n) is 27.9. The van der Waals surface area contributed by atoms with Crippen LogP contribution in [-0.4, -0.2) is 96.7 Å². The van der Waals surface area contributed by atoms with Crippen molar-refractivity contribution in [3.05, 3.63) is 0 Å². The first-order valence-electron chi connectivity index (χ1n) is 39.6. The zero-order valence-electron chi connectivity index (χ0n) is 61.8. The molecule has 0 heterocycles. The molecule has 0 bridgehead atoms. The van der Waals surface area contributed by atoms with Gasteiger partial charge in [-0.3, -0.25) is 37.3 Å². The van der Waals surface area contributed by atoms with Crippen molar-refractivity contribution in [1.29, 1.82) is 0 Å². The largest absolute Gasteiger partial charge is 0.472 e. The number of carbonyl (C=O) groups is 4. The fourth-order valence-electron chi connectivity index (χ4n) is 11.7. The Morgan fingerprint density at radius 3 is 0.716 bits per heavy atom. The number of esters is 4. The first kappa shape index (κ1) is 93.1. The van der Waals surface area contributed by atoms with Gasteiger partial charge in [-0.25, -0.2) is 9.13 Å². The second kappa shape index (κ2) is 69.2. The molecule has 95 heavy (non-hydrogen) atoms. The van der Waals surface area contributed by atoms with E-state index in [1.807, 2.05) is 0 Å². The van der Waals surface area contributed by atoms with Crippen LogP contribution in [0.5, 0.6) is 0 Å². The number of aliphatic hydroxyl groups is 1. The van der Waals surface area contributed by atoms with E-state index in [2.05, 4.69) is 34.6 Å². The summed E-state index contributed by atoms with van der Waals surface area (Å²) >= 11 is 0. The lowest BCUT2D eigenvalue weighted by Gasteiger charge is -2.21. The van der Waals surface area contributed by atoms with E-state index >= 15 is 0 Å². The van der Waals surface area contributed by atoms with Crippen molar-refractivity contribution < 1.29 is 80.2 Å². The van der Waals surface area contributed by atoms with Crippen molar-refractivity contribution in [2.24, 2.45) is 5.92 Å². The first-order chi connectivity index (χ1) is 46.0. The highest BCUT2D eigenvalue weighted by Gasteiger charge is 2.30. The number of aliphatic hydroxyl groups excluding tert-OH is 1. The molecule has 19 heteroatoms. The fourth-order valence-corrected chi connectivity index (χ4v) is 13.3. The molecule has 0 fully saturated rings. The molecule has 17 nitrogen and oxygen atoms in total. The Balaban J connectivity index is 5.22. The van der Waals surface area contributed by atoms with E-state index in [-0.39, 0.29) is 25.7 Å². The van der Waals surface area contributed by atoms with Gasteiger partial charge in [-0.15, -0.1) is 0 Å². The van der Waals surface area contributed by atoms with Gasteiger partial charge in [-0.2, -0.15) is 0 Å². The lowest BCUT2D eigenvalue weighted by molar-refractivity contribution is -0.161. The van der Waals surface area contributed by atoms with Crippen molar-refractivity contribution in [1.82, 2.24) is 0 Å². The Kier molecular flexibility index (Phi) is 67.7. The van der Waals surface area contributed by atoms with Crippen LogP contribution < -0.4 is 0 Å². The number of phosphoric ester groups is 2. The number of unbranched alkanes of at least 4 members (excludes halogenated alkanes) is 48. The van der Waals surface area contributed by atoms with Gasteiger partial charge in [0.25, 0.3) is 0 Å². The zero-order chi connectivity index (χ0) is 69.8. The van der Waals surface area contributed by atoms with E-state index < -0.39 is 97.5 Å². The van der Waals surface area contributed by atoms with Gasteiger partial charge in [0.1, 0.15) is 19.3 Å². The molecule has 0 aliphatic rings. The van der Waals surface area contributed by atoms with E-state index in [0.717, 1.165) is 95.8 Å². The average molecular weight is 1400 g/mol. The molecule has 0 aromatic heterocycles. The zero-order valence-corrected chi connectivity index (χ0v) is 63.6. The molecule has 0 amide bonds. The number of phosphoric acid groups is 2. The van der Waals surface area contributed by atoms with Gasteiger partial charge in [0, 0.05) is 25.7 Å². The summed E-state index contributed by atoms with van der Waals surface area (Å²) in [4.78, 5) is 72.8. The molecule has 0 rings (SSSR count). The van der Waals surface area contributed by atoms with Crippen molar-refractivity contribution in [3.8, 4) is 0 Å². The number of hydrogen-bond acceptors (Lipinski definition) is 15. The van der Waals surface area contributed by atoms with Gasteiger partial charge in [-0.1, -0.05) is 349 Å². The Morgan fingerprint density at radius 1 is 0.284 bits per heavy atom. The maximum Gasteiger partial charge on any atom is 0.472 e. The van der Waals surface area contributed by atoms with Crippen LogP contribution in [0.25, 0.3) is 0 Å². The van der Waals surface area contributed by atoms with Gasteiger partial charge in [0.2, 0.25) is 0 Å². The summed E-state index contributed by atoms with van der Waals surface area (Å²) in [6.45, 7) is 7.29. The fraction of sp³-hybridized carbons (Fsp3) is 0.947. The summed E-state index contributed by atoms with van der Waals surface area (Å²) in [6.07, 6.45) is 58.2. The van der Waals surface area contributed by atoms with Gasteiger partial charge in [-0.05, 0) is 31.6 Å². The standard InChI is InChI=1S/C76H148O17P2/c1-6-9-12-15-18-21-24-26-27-28-29-30-31-32-36-42-47-52-57-62-76(81)93-72(66-87-74(79)60-55-50-45-40-37-33-34-38-43-48-53-58-69(4)5)68-91-95(84,85)89-64-70(77)63-88-94(82,83)90-67-71(65-86-73(78)59-54-49-44-39-23-20-17-14-11-8-3)92-75(80)61-56-51-46-41-35-25-22-19-16-13-10-7-2/h69-72,77H,6-68H2,1-5H3,(H,82,83)(H,84,85)/t70-,71+,72+/m0/s1. The second-order valence-corrected chi connectivity index (χ2v) is 30.8. The van der Waals surface area contributed by atoms with E-state index in [4.69, 9.17) is 37.0 Å². The quantitative estimate of drug-likeness (QED) is 0.0222. The van der Waals surface area contributed by atoms with Crippen LogP contribution in [0.1, 0.15) is 401 Å². The van der Waals surface area contributed by atoms with Crippen molar-refractivity contribution in [3.63, 3.8) is 0 Å².